The normalized spacial score (nSPS) is 25.7. The van der Waals surface area contributed by atoms with Crippen molar-refractivity contribution < 1.29 is 10.4 Å². The van der Waals surface area contributed by atoms with E-state index >= 15 is 0 Å². The van der Waals surface area contributed by atoms with Gasteiger partial charge in [-0.3, -0.25) is 5.21 Å². The Labute approximate surface area is 136 Å². The molecule has 1 aromatic carbocycles. The summed E-state index contributed by atoms with van der Waals surface area (Å²) in [6, 6.07) is 5.69. The Morgan fingerprint density at radius 1 is 1.10 bits per heavy atom. The monoisotopic (exact) mass is 399 g/mol. The molecule has 1 fully saturated rings. The molecule has 0 bridgehead atoms. The zero-order chi connectivity index (χ0) is 15.6. The lowest BCUT2D eigenvalue weighted by Gasteiger charge is -2.36. The SMILES string of the molecule is CC1(C)N([O])/C(=C2\N=c3ccc(I)cc3=N2)N(O)C1(C)C. The van der Waals surface area contributed by atoms with Crippen molar-refractivity contribution in [3.8, 4) is 0 Å². The van der Waals surface area contributed by atoms with Gasteiger partial charge in [0.15, 0.2) is 5.82 Å². The van der Waals surface area contributed by atoms with E-state index in [1.807, 2.05) is 32.0 Å². The van der Waals surface area contributed by atoms with Gasteiger partial charge in [0, 0.05) is 3.57 Å². The van der Waals surface area contributed by atoms with Crippen molar-refractivity contribution in [3.05, 3.63) is 44.1 Å². The maximum Gasteiger partial charge on any atom is 0.202 e. The molecule has 0 unspecified atom stereocenters. The molecule has 21 heavy (non-hydrogen) atoms. The molecule has 3 rings (SSSR count). The molecule has 2 aliphatic rings. The van der Waals surface area contributed by atoms with Crippen LogP contribution in [0.3, 0.4) is 0 Å². The summed E-state index contributed by atoms with van der Waals surface area (Å²) in [5, 5.41) is 26.2. The molecule has 0 aromatic heterocycles. The van der Waals surface area contributed by atoms with Crippen LogP contribution in [0.5, 0.6) is 0 Å². The summed E-state index contributed by atoms with van der Waals surface area (Å²) in [5.41, 5.74) is -1.54. The highest BCUT2D eigenvalue weighted by molar-refractivity contribution is 14.1. The average molecular weight is 399 g/mol. The molecule has 0 atom stereocenters. The minimum atomic E-state index is -0.793. The summed E-state index contributed by atoms with van der Waals surface area (Å²) in [5.74, 6) is 0.347. The first-order chi connectivity index (χ1) is 9.66. The van der Waals surface area contributed by atoms with Crippen molar-refractivity contribution in [1.29, 1.82) is 0 Å². The number of rotatable bonds is 0. The van der Waals surface area contributed by atoms with E-state index in [9.17, 15) is 10.4 Å². The fourth-order valence-corrected chi connectivity index (χ4v) is 2.82. The van der Waals surface area contributed by atoms with Crippen molar-refractivity contribution >= 4 is 22.6 Å². The van der Waals surface area contributed by atoms with Crippen molar-refractivity contribution in [2.45, 2.75) is 38.8 Å². The average Bonchev–Trinajstić information content (AvgIpc) is 2.84. The van der Waals surface area contributed by atoms with E-state index in [1.165, 1.54) is 0 Å². The molecule has 0 aliphatic carbocycles. The summed E-state index contributed by atoms with van der Waals surface area (Å²) in [7, 11) is 0. The minimum Gasteiger partial charge on any atom is -0.286 e. The first-order valence-corrected chi connectivity index (χ1v) is 7.68. The largest absolute Gasteiger partial charge is 0.286 e. The van der Waals surface area contributed by atoms with Gasteiger partial charge in [0.05, 0.1) is 21.8 Å². The van der Waals surface area contributed by atoms with E-state index < -0.39 is 11.1 Å². The Morgan fingerprint density at radius 3 is 2.29 bits per heavy atom. The Morgan fingerprint density at radius 2 is 1.71 bits per heavy atom. The summed E-state index contributed by atoms with van der Waals surface area (Å²) < 4.78 is 1.04. The van der Waals surface area contributed by atoms with Crippen LogP contribution >= 0.6 is 22.6 Å². The van der Waals surface area contributed by atoms with Gasteiger partial charge in [0.1, 0.15) is 0 Å². The van der Waals surface area contributed by atoms with Crippen molar-refractivity contribution in [2.75, 3.05) is 0 Å². The second-order valence-electron chi connectivity index (χ2n) is 6.23. The van der Waals surface area contributed by atoms with E-state index in [2.05, 4.69) is 32.6 Å². The van der Waals surface area contributed by atoms with Crippen LogP contribution in [-0.2, 0) is 5.21 Å². The Kier molecular flexibility index (Phi) is 3.09. The van der Waals surface area contributed by atoms with Crippen LogP contribution < -0.4 is 10.7 Å². The van der Waals surface area contributed by atoms with Crippen LogP contribution in [0.15, 0.2) is 39.8 Å². The molecule has 1 aromatic rings. The predicted octanol–water partition coefficient (Wildman–Crippen LogP) is 1.58. The number of hydrogen-bond donors (Lipinski definition) is 1. The van der Waals surface area contributed by atoms with Gasteiger partial charge >= 0.3 is 0 Å². The molecule has 1 saturated heterocycles. The topological polar surface area (TPSA) is 71.3 Å². The lowest BCUT2D eigenvalue weighted by molar-refractivity contribution is -0.182. The summed E-state index contributed by atoms with van der Waals surface area (Å²) in [4.78, 5) is 8.76. The van der Waals surface area contributed by atoms with Gasteiger partial charge in [-0.2, -0.15) is 5.06 Å². The number of halogens is 1. The predicted molar refractivity (Wildman–Crippen MR) is 82.8 cm³/mol. The molecule has 0 spiro atoms. The molecular formula is C14H16IN4O2. The van der Waals surface area contributed by atoms with Crippen LogP contribution in [0.2, 0.25) is 0 Å². The van der Waals surface area contributed by atoms with Gasteiger partial charge in [0.25, 0.3) is 0 Å². The van der Waals surface area contributed by atoms with Crippen molar-refractivity contribution in [2.24, 2.45) is 9.98 Å². The third kappa shape index (κ3) is 1.91. The molecule has 6 nitrogen and oxygen atoms in total. The van der Waals surface area contributed by atoms with Gasteiger partial charge < -0.3 is 0 Å². The summed E-state index contributed by atoms with van der Waals surface area (Å²) in [6.45, 7) is 7.22. The number of fused-ring (bicyclic) bond motifs is 1. The van der Waals surface area contributed by atoms with E-state index in [-0.39, 0.29) is 11.6 Å². The molecule has 0 saturated carbocycles. The smallest absolute Gasteiger partial charge is 0.202 e. The van der Waals surface area contributed by atoms with E-state index in [0.29, 0.717) is 10.7 Å². The molecule has 7 heteroatoms. The van der Waals surface area contributed by atoms with Crippen LogP contribution in [0.1, 0.15) is 27.7 Å². The van der Waals surface area contributed by atoms with Gasteiger partial charge in [-0.05, 0) is 68.5 Å². The molecule has 0 amide bonds. The summed E-state index contributed by atoms with van der Waals surface area (Å²) in [6.07, 6.45) is 0. The minimum absolute atomic E-state index is 0.0937. The van der Waals surface area contributed by atoms with E-state index in [4.69, 9.17) is 0 Å². The number of hydroxylamine groups is 4. The van der Waals surface area contributed by atoms with Crippen LogP contribution in [0.25, 0.3) is 0 Å². The Balaban J connectivity index is 2.22. The Bertz CT molecular complexity index is 748. The van der Waals surface area contributed by atoms with Gasteiger partial charge in [-0.25, -0.2) is 15.0 Å². The maximum atomic E-state index is 12.6. The van der Waals surface area contributed by atoms with Crippen LogP contribution in [0, 0.1) is 3.57 Å². The zero-order valence-corrected chi connectivity index (χ0v) is 14.4. The van der Waals surface area contributed by atoms with E-state index in [1.54, 1.807) is 13.8 Å². The van der Waals surface area contributed by atoms with Gasteiger partial charge in [0.2, 0.25) is 5.82 Å². The highest BCUT2D eigenvalue weighted by Crippen LogP contribution is 2.44. The molecule has 2 aliphatic heterocycles. The van der Waals surface area contributed by atoms with Crippen LogP contribution in [0.4, 0.5) is 0 Å². The van der Waals surface area contributed by atoms with Crippen LogP contribution in [-0.4, -0.2) is 26.4 Å². The standard InChI is InChI=1S/C14H16IN4O2/c1-13(2)14(3,4)19(21)12(18(13)20)11-16-9-6-5-8(15)7-10(9)17-11/h5-7,20H,1-4H3/b12-11+. The summed E-state index contributed by atoms with van der Waals surface area (Å²) >= 11 is 2.20. The second-order valence-corrected chi connectivity index (χ2v) is 7.47. The maximum absolute atomic E-state index is 12.6. The molecule has 1 N–H and O–H groups in total. The number of nitrogens with zero attached hydrogens (tertiary/aromatic N) is 4. The lowest BCUT2D eigenvalue weighted by atomic mass is 9.84. The third-order valence-electron chi connectivity index (χ3n) is 4.52. The molecule has 1 radical (unpaired) electrons. The van der Waals surface area contributed by atoms with Crippen molar-refractivity contribution in [3.63, 3.8) is 0 Å². The van der Waals surface area contributed by atoms with Gasteiger partial charge in [-0.1, -0.05) is 5.21 Å². The van der Waals surface area contributed by atoms with Gasteiger partial charge in [-0.15, -0.1) is 0 Å². The fraction of sp³-hybridized carbons (Fsp3) is 0.429. The number of hydrogen-bond acceptors (Lipinski definition) is 5. The first-order valence-electron chi connectivity index (χ1n) is 6.60. The third-order valence-corrected chi connectivity index (χ3v) is 5.19. The fourth-order valence-electron chi connectivity index (χ4n) is 2.34. The zero-order valence-electron chi connectivity index (χ0n) is 12.3. The first kappa shape index (κ1) is 14.7. The molecule has 2 heterocycles. The second kappa shape index (κ2) is 4.40. The van der Waals surface area contributed by atoms with E-state index in [0.717, 1.165) is 13.7 Å². The Hall–Kier alpha value is -1.19. The number of benzene rings is 1. The lowest BCUT2D eigenvalue weighted by Crippen LogP contribution is -2.52. The highest BCUT2D eigenvalue weighted by Gasteiger charge is 2.57. The highest BCUT2D eigenvalue weighted by atomic mass is 127. The van der Waals surface area contributed by atoms with Crippen molar-refractivity contribution in [1.82, 2.24) is 10.1 Å². The molecule has 111 valence electrons. The molecular weight excluding hydrogens is 383 g/mol. The quantitative estimate of drug-likeness (QED) is 0.674.